The van der Waals surface area contributed by atoms with Gasteiger partial charge in [0.15, 0.2) is 0 Å². The van der Waals surface area contributed by atoms with Gasteiger partial charge in [0, 0.05) is 31.5 Å². The zero-order chi connectivity index (χ0) is 19.5. The SMILES string of the molecule is CCOc1ccc(C(=O)N2CCC(Oc3nc4c(C)cccc4s3)CC2)cc1. The van der Waals surface area contributed by atoms with E-state index in [4.69, 9.17) is 9.47 Å². The largest absolute Gasteiger partial charge is 0.494 e. The summed E-state index contributed by atoms with van der Waals surface area (Å²) in [5.41, 5.74) is 2.88. The minimum atomic E-state index is 0.0668. The van der Waals surface area contributed by atoms with Crippen LogP contribution in [0.5, 0.6) is 10.9 Å². The summed E-state index contributed by atoms with van der Waals surface area (Å²) in [6.45, 7) is 6.02. The number of ether oxygens (including phenoxy) is 2. The van der Waals surface area contributed by atoms with Crippen LogP contribution in [-0.2, 0) is 0 Å². The maximum atomic E-state index is 12.7. The molecule has 0 spiro atoms. The van der Waals surface area contributed by atoms with Gasteiger partial charge in [0.25, 0.3) is 11.1 Å². The Hall–Kier alpha value is -2.60. The fourth-order valence-electron chi connectivity index (χ4n) is 3.48. The molecule has 2 heterocycles. The van der Waals surface area contributed by atoms with Gasteiger partial charge >= 0.3 is 0 Å². The Labute approximate surface area is 168 Å². The predicted octanol–water partition coefficient (Wildman–Crippen LogP) is 4.69. The molecule has 146 valence electrons. The number of para-hydroxylation sites is 1. The predicted molar refractivity (Wildman–Crippen MR) is 112 cm³/mol. The van der Waals surface area contributed by atoms with Crippen LogP contribution in [0.3, 0.4) is 0 Å². The summed E-state index contributed by atoms with van der Waals surface area (Å²) in [5, 5.41) is 0.723. The van der Waals surface area contributed by atoms with Crippen LogP contribution in [0.4, 0.5) is 0 Å². The second-order valence-corrected chi connectivity index (χ2v) is 7.96. The molecule has 0 N–H and O–H groups in total. The summed E-state index contributed by atoms with van der Waals surface area (Å²) in [5.74, 6) is 0.856. The average molecular weight is 397 g/mol. The molecule has 28 heavy (non-hydrogen) atoms. The van der Waals surface area contributed by atoms with Crippen LogP contribution in [0.2, 0.25) is 0 Å². The lowest BCUT2D eigenvalue weighted by molar-refractivity contribution is 0.0595. The van der Waals surface area contributed by atoms with Crippen molar-refractivity contribution in [1.82, 2.24) is 9.88 Å². The fourth-order valence-corrected chi connectivity index (χ4v) is 4.44. The van der Waals surface area contributed by atoms with Crippen LogP contribution in [0, 0.1) is 6.92 Å². The Balaban J connectivity index is 1.34. The molecule has 0 unspecified atom stereocenters. The smallest absolute Gasteiger partial charge is 0.274 e. The number of benzene rings is 2. The molecule has 0 saturated carbocycles. The standard InChI is InChI=1S/C22H24N2O3S/c1-3-26-17-9-7-16(8-10-17)21(25)24-13-11-18(12-14-24)27-22-23-20-15(2)5-4-6-19(20)28-22/h4-10,18H,3,11-14H2,1-2H3. The molecule has 1 fully saturated rings. The number of rotatable bonds is 5. The van der Waals surface area contributed by atoms with Gasteiger partial charge in [0.1, 0.15) is 11.9 Å². The van der Waals surface area contributed by atoms with Gasteiger partial charge in [-0.2, -0.15) is 0 Å². The number of amides is 1. The number of thiazole rings is 1. The second kappa shape index (κ2) is 8.19. The van der Waals surface area contributed by atoms with Crippen molar-refractivity contribution in [2.45, 2.75) is 32.8 Å². The first-order valence-electron chi connectivity index (χ1n) is 9.69. The first-order valence-corrected chi connectivity index (χ1v) is 10.5. The van der Waals surface area contributed by atoms with E-state index in [2.05, 4.69) is 24.0 Å². The molecule has 1 aliphatic rings. The summed E-state index contributed by atoms with van der Waals surface area (Å²) in [4.78, 5) is 19.3. The van der Waals surface area contributed by atoms with Crippen LogP contribution >= 0.6 is 11.3 Å². The van der Waals surface area contributed by atoms with Crippen molar-refractivity contribution in [3.05, 3.63) is 53.6 Å². The van der Waals surface area contributed by atoms with E-state index in [1.165, 1.54) is 5.56 Å². The number of hydrogen-bond donors (Lipinski definition) is 0. The maximum absolute atomic E-state index is 12.7. The van der Waals surface area contributed by atoms with Gasteiger partial charge in [-0.05, 0) is 49.7 Å². The number of aromatic nitrogens is 1. The molecule has 0 atom stereocenters. The average Bonchev–Trinajstić information content (AvgIpc) is 3.13. The molecule has 1 saturated heterocycles. The number of aryl methyl sites for hydroxylation is 1. The third kappa shape index (κ3) is 3.97. The third-order valence-electron chi connectivity index (χ3n) is 5.01. The molecule has 1 amide bonds. The third-order valence-corrected chi connectivity index (χ3v) is 5.92. The molecular weight excluding hydrogens is 372 g/mol. The Bertz CT molecular complexity index is 960. The van der Waals surface area contributed by atoms with Crippen molar-refractivity contribution in [3.63, 3.8) is 0 Å². The van der Waals surface area contributed by atoms with E-state index < -0.39 is 0 Å². The highest BCUT2D eigenvalue weighted by Crippen LogP contribution is 2.31. The first kappa shape index (κ1) is 18.7. The molecule has 1 aromatic heterocycles. The van der Waals surface area contributed by atoms with E-state index in [1.54, 1.807) is 11.3 Å². The second-order valence-electron chi connectivity index (χ2n) is 6.97. The maximum Gasteiger partial charge on any atom is 0.274 e. The quantitative estimate of drug-likeness (QED) is 0.628. The fraction of sp³-hybridized carbons (Fsp3) is 0.364. The van der Waals surface area contributed by atoms with Crippen LogP contribution in [0.25, 0.3) is 10.2 Å². The number of piperidine rings is 1. The highest BCUT2D eigenvalue weighted by atomic mass is 32.1. The molecule has 5 nitrogen and oxygen atoms in total. The molecule has 3 aromatic rings. The van der Waals surface area contributed by atoms with Crippen molar-refractivity contribution in [2.24, 2.45) is 0 Å². The number of likely N-dealkylation sites (tertiary alicyclic amines) is 1. The number of fused-ring (bicyclic) bond motifs is 1. The molecule has 1 aliphatic heterocycles. The summed E-state index contributed by atoms with van der Waals surface area (Å²) < 4.78 is 12.7. The molecule has 0 bridgehead atoms. The molecule has 2 aromatic carbocycles. The van der Waals surface area contributed by atoms with E-state index >= 15 is 0 Å². The van der Waals surface area contributed by atoms with Crippen molar-refractivity contribution < 1.29 is 14.3 Å². The van der Waals surface area contributed by atoms with Crippen molar-refractivity contribution in [2.75, 3.05) is 19.7 Å². The van der Waals surface area contributed by atoms with Crippen LogP contribution in [0.15, 0.2) is 42.5 Å². The summed E-state index contributed by atoms with van der Waals surface area (Å²) in [6.07, 6.45) is 1.74. The van der Waals surface area contributed by atoms with Gasteiger partial charge in [0.2, 0.25) is 0 Å². The number of hydrogen-bond acceptors (Lipinski definition) is 5. The lowest BCUT2D eigenvalue weighted by atomic mass is 10.1. The van der Waals surface area contributed by atoms with Crippen molar-refractivity contribution in [1.29, 1.82) is 0 Å². The van der Waals surface area contributed by atoms with Gasteiger partial charge < -0.3 is 14.4 Å². The van der Waals surface area contributed by atoms with E-state index in [-0.39, 0.29) is 12.0 Å². The number of carbonyl (C=O) groups excluding carboxylic acids is 1. The minimum Gasteiger partial charge on any atom is -0.494 e. The molecule has 6 heteroatoms. The van der Waals surface area contributed by atoms with E-state index in [9.17, 15) is 4.79 Å². The Morgan fingerprint density at radius 3 is 2.61 bits per heavy atom. The zero-order valence-corrected chi connectivity index (χ0v) is 17.0. The highest BCUT2D eigenvalue weighted by Gasteiger charge is 2.25. The Morgan fingerprint density at radius 2 is 1.93 bits per heavy atom. The van der Waals surface area contributed by atoms with Crippen LogP contribution in [0.1, 0.15) is 35.7 Å². The van der Waals surface area contributed by atoms with Gasteiger partial charge in [-0.1, -0.05) is 23.5 Å². The number of carbonyl (C=O) groups is 1. The minimum absolute atomic E-state index is 0.0668. The molecular formula is C22H24N2O3S. The normalized spacial score (nSPS) is 15.0. The van der Waals surface area contributed by atoms with E-state index in [0.29, 0.717) is 25.3 Å². The summed E-state index contributed by atoms with van der Waals surface area (Å²) in [7, 11) is 0. The van der Waals surface area contributed by atoms with Crippen molar-refractivity contribution in [3.8, 4) is 10.9 Å². The lowest BCUT2D eigenvalue weighted by Gasteiger charge is -2.31. The first-order chi connectivity index (χ1) is 13.6. The Morgan fingerprint density at radius 1 is 1.18 bits per heavy atom. The van der Waals surface area contributed by atoms with Gasteiger partial charge in [-0.25, -0.2) is 4.98 Å². The topological polar surface area (TPSA) is 51.7 Å². The van der Waals surface area contributed by atoms with Gasteiger partial charge in [0.05, 0.1) is 16.8 Å². The monoisotopic (exact) mass is 396 g/mol. The van der Waals surface area contributed by atoms with Crippen molar-refractivity contribution >= 4 is 27.5 Å². The van der Waals surface area contributed by atoms with E-state index in [1.807, 2.05) is 42.2 Å². The number of nitrogens with zero attached hydrogens (tertiary/aromatic N) is 2. The summed E-state index contributed by atoms with van der Waals surface area (Å²) in [6, 6.07) is 13.6. The molecule has 0 aliphatic carbocycles. The van der Waals surface area contributed by atoms with E-state index in [0.717, 1.165) is 34.0 Å². The van der Waals surface area contributed by atoms with Gasteiger partial charge in [-0.15, -0.1) is 0 Å². The molecule has 4 rings (SSSR count). The summed E-state index contributed by atoms with van der Waals surface area (Å²) >= 11 is 1.59. The van der Waals surface area contributed by atoms with Crippen LogP contribution in [-0.4, -0.2) is 41.6 Å². The van der Waals surface area contributed by atoms with Gasteiger partial charge in [-0.3, -0.25) is 4.79 Å². The van der Waals surface area contributed by atoms with Crippen LogP contribution < -0.4 is 9.47 Å². The molecule has 0 radical (unpaired) electrons. The zero-order valence-electron chi connectivity index (χ0n) is 16.2. The lowest BCUT2D eigenvalue weighted by Crippen LogP contribution is -2.41. The highest BCUT2D eigenvalue weighted by molar-refractivity contribution is 7.20. The Kier molecular flexibility index (Phi) is 5.48.